The van der Waals surface area contributed by atoms with Gasteiger partial charge in [0.25, 0.3) is 6.33 Å². The number of fused-ring (bicyclic) bond motifs is 7. The number of nitrogens with zero attached hydrogens (tertiary/aromatic N) is 5. The van der Waals surface area contributed by atoms with Gasteiger partial charge in [-0.05, 0) is 109 Å². The second-order valence-electron chi connectivity index (χ2n) is 21.8. The van der Waals surface area contributed by atoms with Crippen LogP contribution in [0.5, 0.6) is 11.5 Å². The monoisotopic (exact) mass is 1210 g/mol. The summed E-state index contributed by atoms with van der Waals surface area (Å²) in [6, 6.07) is 40.0. The van der Waals surface area contributed by atoms with Crippen molar-refractivity contribution < 1.29 is 48.2 Å². The Morgan fingerprint density at radius 1 is 0.551 bits per heavy atom. The van der Waals surface area contributed by atoms with Gasteiger partial charge in [-0.1, -0.05) is 188 Å². The van der Waals surface area contributed by atoms with E-state index in [4.69, 9.17) is 24.8 Å². The van der Waals surface area contributed by atoms with Gasteiger partial charge in [-0.25, -0.2) is 4.98 Å². The van der Waals surface area contributed by atoms with Crippen LogP contribution in [0, 0.1) is 18.5 Å². The number of pyridine rings is 1. The number of imidazole rings is 1. The molecule has 13 rings (SSSR count). The van der Waals surface area contributed by atoms with Crippen molar-refractivity contribution in [3.8, 4) is 56.6 Å². The number of hydrogen-bond donors (Lipinski definition) is 0. The summed E-state index contributed by atoms with van der Waals surface area (Å²) in [5, 5.41) is 1.36. The zero-order valence-corrected chi connectivity index (χ0v) is 46.4. The summed E-state index contributed by atoms with van der Waals surface area (Å²) in [4.78, 5) is 4.87. The van der Waals surface area contributed by atoms with Gasteiger partial charge < -0.3 is 18.4 Å². The molecule has 0 aliphatic rings. The molecule has 13 aromatic rings. The molecule has 6 nitrogen and oxygen atoms in total. The van der Waals surface area contributed by atoms with E-state index < -0.39 is 66.5 Å². The molecule has 386 valence electrons. The van der Waals surface area contributed by atoms with E-state index in [-0.39, 0.29) is 77.3 Å². The van der Waals surface area contributed by atoms with Gasteiger partial charge in [0.15, 0.2) is 0 Å². The fraction of sp³-hybridized carbons (Fsp3) is 0.155. The number of ether oxygens (including phenoxy) is 1. The molecule has 0 aliphatic carbocycles. The van der Waals surface area contributed by atoms with Crippen LogP contribution in [0.4, 0.5) is 0 Å². The van der Waals surface area contributed by atoms with Crippen molar-refractivity contribution in [2.45, 2.75) is 72.1 Å². The van der Waals surface area contributed by atoms with E-state index in [1.807, 2.05) is 92.6 Å². The zero-order valence-electron chi connectivity index (χ0n) is 57.2. The van der Waals surface area contributed by atoms with Gasteiger partial charge >= 0.3 is 0 Å². The first-order chi connectivity index (χ1) is 42.7. The van der Waals surface area contributed by atoms with Crippen LogP contribution in [0.3, 0.4) is 0 Å². The molecule has 7 heteroatoms. The second kappa shape index (κ2) is 19.6. The maximum atomic E-state index is 9.27. The summed E-state index contributed by atoms with van der Waals surface area (Å²) < 4.78 is 130. The summed E-state index contributed by atoms with van der Waals surface area (Å²) in [6.07, 6.45) is 5.39. The first kappa shape index (κ1) is 37.5. The summed E-state index contributed by atoms with van der Waals surface area (Å²) >= 11 is 0. The van der Waals surface area contributed by atoms with Crippen molar-refractivity contribution in [2.75, 3.05) is 0 Å². The van der Waals surface area contributed by atoms with Gasteiger partial charge in [0.2, 0.25) is 0 Å². The Kier molecular flexibility index (Phi) is 9.42. The Balaban J connectivity index is 0.00000800. The molecule has 0 spiro atoms. The van der Waals surface area contributed by atoms with E-state index >= 15 is 0 Å². The van der Waals surface area contributed by atoms with E-state index in [2.05, 4.69) is 92.0 Å². The predicted octanol–water partition coefficient (Wildman–Crippen LogP) is 17.7. The third-order valence-electron chi connectivity index (χ3n) is 14.4. The number of rotatable bonds is 9. The van der Waals surface area contributed by atoms with E-state index in [1.54, 1.807) is 30.5 Å². The van der Waals surface area contributed by atoms with Crippen LogP contribution in [0.15, 0.2) is 206 Å². The Morgan fingerprint density at radius 2 is 1.21 bits per heavy atom. The summed E-state index contributed by atoms with van der Waals surface area (Å²) in [5.74, 6) is 1.41. The third kappa shape index (κ3) is 8.83. The maximum absolute atomic E-state index is 9.27. The van der Waals surface area contributed by atoms with Crippen LogP contribution in [0.2, 0.25) is 0 Å². The minimum atomic E-state index is -0.521. The van der Waals surface area contributed by atoms with E-state index in [0.29, 0.717) is 67.3 Å². The fourth-order valence-electron chi connectivity index (χ4n) is 10.3. The molecule has 0 saturated carbocycles. The van der Waals surface area contributed by atoms with Crippen molar-refractivity contribution >= 4 is 54.6 Å². The van der Waals surface area contributed by atoms with E-state index in [0.717, 1.165) is 33.3 Å². The largest absolute Gasteiger partial charge is 0.510 e. The normalized spacial score (nSPS) is 14.4. The van der Waals surface area contributed by atoms with Gasteiger partial charge in [0, 0.05) is 60.7 Å². The molecule has 0 amide bonds. The number of para-hydroxylation sites is 5. The number of aromatic nitrogens is 5. The number of benzene rings is 9. The van der Waals surface area contributed by atoms with Crippen LogP contribution in [0.25, 0.3) is 99.8 Å². The van der Waals surface area contributed by atoms with Gasteiger partial charge in [0.1, 0.15) is 5.82 Å². The zero-order chi connectivity index (χ0) is 64.1. The van der Waals surface area contributed by atoms with Gasteiger partial charge in [-0.2, -0.15) is 18.2 Å². The molecule has 0 saturated heterocycles. The van der Waals surface area contributed by atoms with Gasteiger partial charge in [-0.15, -0.1) is 29.7 Å². The first-order valence-electron chi connectivity index (χ1n) is 32.2. The van der Waals surface area contributed by atoms with Crippen molar-refractivity contribution in [3.63, 3.8) is 0 Å². The van der Waals surface area contributed by atoms with Crippen LogP contribution in [-0.2, 0) is 31.9 Å². The minimum absolute atomic E-state index is 0. The molecule has 78 heavy (non-hydrogen) atoms. The summed E-state index contributed by atoms with van der Waals surface area (Å²) in [7, 11) is 0. The molecular formula is C71H59N5OPt-2. The third-order valence-corrected chi connectivity index (χ3v) is 14.4. The first-order valence-corrected chi connectivity index (χ1v) is 25.7. The number of hydrogen-bond acceptors (Lipinski definition) is 2. The molecule has 0 fully saturated rings. The van der Waals surface area contributed by atoms with Crippen molar-refractivity contribution in [3.05, 3.63) is 241 Å². The van der Waals surface area contributed by atoms with Gasteiger partial charge in [-0.3, -0.25) is 4.57 Å². The van der Waals surface area contributed by atoms with Crippen LogP contribution >= 0.6 is 0 Å². The standard InChI is InChI=1S/C71H59N5O.Pt/c1-46(2)48-36-37-72-68(40-48)76-64-35-32-53(75-62-28-14-12-24-58(62)59-25-13-15-29-63(59)75)43-61(64)60-34-33-55(44-67(60)76)77-54-23-18-22-52(42-54)73-45-74(66-31-17-16-30-65(66)73)69-56(47-20-10-9-11-21-47)26-19-27-57(69)49-38-50(70(3,4)5)41-51(39-49)71(6,7)8;/h9-41,43,46H,1-8H3;/q-2;/i9D,10D,11D,12D,13D,14D,15D,20D,21D,24D,25D,28D,29D;. The Bertz CT molecular complexity index is 5090. The Morgan fingerprint density at radius 3 is 1.91 bits per heavy atom. The van der Waals surface area contributed by atoms with Crippen molar-refractivity contribution in [2.24, 2.45) is 0 Å². The Hall–Kier alpha value is -8.31. The smallest absolute Gasteiger partial charge is 0.268 e. The fourth-order valence-corrected chi connectivity index (χ4v) is 10.3. The molecule has 9 aromatic carbocycles. The quantitative estimate of drug-likeness (QED) is 0.107. The predicted molar refractivity (Wildman–Crippen MR) is 317 cm³/mol. The van der Waals surface area contributed by atoms with Crippen LogP contribution < -0.4 is 9.30 Å². The second-order valence-corrected chi connectivity index (χ2v) is 21.8. The molecule has 4 heterocycles. The molecule has 0 radical (unpaired) electrons. The van der Waals surface area contributed by atoms with Crippen LogP contribution in [0.1, 0.15) is 95.8 Å². The average Bonchev–Trinajstić information content (AvgIpc) is 1.58. The van der Waals surface area contributed by atoms with Crippen LogP contribution in [-0.4, -0.2) is 18.7 Å². The molecule has 0 unspecified atom stereocenters. The molecule has 0 atom stereocenters. The molecule has 4 aromatic heterocycles. The molecule has 0 aliphatic heterocycles. The molecule has 0 N–H and O–H groups in total. The minimum Gasteiger partial charge on any atom is -0.510 e. The SMILES string of the molecule is [2H]c1c([2H])c([2H])c(-c2cccc(-c3cc(C(C)(C)C)cc(C(C)(C)C)c3)c2-[n+]2[c-]n(-c3[c-]c(Oc4[c-]c5c(cc4)c4cc(-n6c7c([2H])c([2H])c([2H])c([2H])c7c7c([2H])c([2H])c([2H])c([2H])c76)ccc4n5-c4cc(C(C)C)ccn4)ccc3)c3ccccc32)c([2H])c1[2H].[Pt]. The van der Waals surface area contributed by atoms with E-state index in [1.165, 1.54) is 4.57 Å². The van der Waals surface area contributed by atoms with Gasteiger partial charge in [0.05, 0.1) is 45.6 Å². The topological polar surface area (TPSA) is 40.8 Å². The summed E-state index contributed by atoms with van der Waals surface area (Å²) in [6.45, 7) is 17.2. The summed E-state index contributed by atoms with van der Waals surface area (Å²) in [5.41, 5.74) is 9.10. The molecular weight excluding hydrogens is 1130 g/mol. The van der Waals surface area contributed by atoms with Crippen molar-refractivity contribution in [1.82, 2.24) is 18.7 Å². The van der Waals surface area contributed by atoms with Crippen molar-refractivity contribution in [1.29, 1.82) is 0 Å². The molecule has 0 bridgehead atoms. The maximum Gasteiger partial charge on any atom is 0.268 e. The van der Waals surface area contributed by atoms with E-state index in [9.17, 15) is 2.74 Å². The average molecular weight is 1210 g/mol. The Labute approximate surface area is 489 Å².